The maximum absolute atomic E-state index is 11.3. The lowest BCUT2D eigenvalue weighted by Gasteiger charge is -2.02. The number of aromatic nitrogens is 1. The van der Waals surface area contributed by atoms with Gasteiger partial charge in [-0.25, -0.2) is 9.78 Å². The van der Waals surface area contributed by atoms with E-state index in [2.05, 4.69) is 9.72 Å². The molecule has 0 atom stereocenters. The minimum absolute atomic E-state index is 0.343. The van der Waals surface area contributed by atoms with Crippen LogP contribution in [-0.2, 0) is 11.2 Å². The second-order valence-corrected chi connectivity index (χ2v) is 4.75. The van der Waals surface area contributed by atoms with E-state index in [1.165, 1.54) is 18.4 Å². The molecule has 0 amide bonds. The van der Waals surface area contributed by atoms with Gasteiger partial charge >= 0.3 is 5.97 Å². The topological polar surface area (TPSA) is 48.4 Å². The fourth-order valence-corrected chi connectivity index (χ4v) is 2.41. The summed E-state index contributed by atoms with van der Waals surface area (Å²) in [5, 5.41) is 0.878. The average Bonchev–Trinajstić information content (AvgIpc) is 2.86. The molecule has 0 aliphatic heterocycles. The first-order chi connectivity index (χ1) is 8.72. The number of carbonyl (C=O) groups is 1. The summed E-state index contributed by atoms with van der Waals surface area (Å²) in [6, 6.07) is 7.79. The van der Waals surface area contributed by atoms with Crippen LogP contribution < -0.4 is 4.74 Å². The largest absolute Gasteiger partial charge is 0.497 e. The molecular formula is C13H13NO3S. The van der Waals surface area contributed by atoms with Crippen molar-refractivity contribution in [1.29, 1.82) is 0 Å². The minimum atomic E-state index is -0.343. The zero-order valence-electron chi connectivity index (χ0n) is 10.2. The number of methoxy groups -OCH3 is 2. The molecule has 1 heterocycles. The third-order valence-corrected chi connectivity index (χ3v) is 3.41. The van der Waals surface area contributed by atoms with Crippen molar-refractivity contribution in [3.63, 3.8) is 0 Å². The molecule has 0 saturated heterocycles. The van der Waals surface area contributed by atoms with Crippen LogP contribution in [0.15, 0.2) is 30.5 Å². The first-order valence-corrected chi connectivity index (χ1v) is 6.20. The lowest BCUT2D eigenvalue weighted by molar-refractivity contribution is 0.0606. The summed E-state index contributed by atoms with van der Waals surface area (Å²) in [5.74, 6) is 0.474. The number of thiazole rings is 1. The van der Waals surface area contributed by atoms with Crippen LogP contribution in [0.1, 0.15) is 20.2 Å². The smallest absolute Gasteiger partial charge is 0.349 e. The van der Waals surface area contributed by atoms with Crippen LogP contribution in [-0.4, -0.2) is 25.2 Å². The molecule has 0 aliphatic carbocycles. The van der Waals surface area contributed by atoms with Gasteiger partial charge in [-0.1, -0.05) is 12.1 Å². The Labute approximate surface area is 109 Å². The molecule has 0 radical (unpaired) electrons. The van der Waals surface area contributed by atoms with Crippen LogP contribution in [0.25, 0.3) is 0 Å². The van der Waals surface area contributed by atoms with Crippen molar-refractivity contribution in [2.45, 2.75) is 6.42 Å². The summed E-state index contributed by atoms with van der Waals surface area (Å²) >= 11 is 1.35. The Morgan fingerprint density at radius 1 is 1.39 bits per heavy atom. The molecule has 94 valence electrons. The Morgan fingerprint density at radius 2 is 2.22 bits per heavy atom. The van der Waals surface area contributed by atoms with Crippen molar-refractivity contribution in [1.82, 2.24) is 4.98 Å². The number of ether oxygens (including phenoxy) is 2. The van der Waals surface area contributed by atoms with Crippen molar-refractivity contribution in [3.05, 3.63) is 45.9 Å². The summed E-state index contributed by atoms with van der Waals surface area (Å²) in [7, 11) is 3.00. The van der Waals surface area contributed by atoms with Crippen molar-refractivity contribution in [3.8, 4) is 5.75 Å². The van der Waals surface area contributed by atoms with E-state index < -0.39 is 0 Å². The van der Waals surface area contributed by atoms with Gasteiger partial charge in [0.05, 0.1) is 25.4 Å². The highest BCUT2D eigenvalue weighted by atomic mass is 32.1. The van der Waals surface area contributed by atoms with Crippen LogP contribution in [0.5, 0.6) is 5.75 Å². The number of nitrogens with zero attached hydrogens (tertiary/aromatic N) is 1. The Hall–Kier alpha value is -1.88. The molecule has 0 unspecified atom stereocenters. The quantitative estimate of drug-likeness (QED) is 0.795. The summed E-state index contributed by atoms with van der Waals surface area (Å²) in [6.45, 7) is 0. The predicted molar refractivity (Wildman–Crippen MR) is 69.3 cm³/mol. The molecule has 0 spiro atoms. The fourth-order valence-electron chi connectivity index (χ4n) is 1.54. The molecule has 4 nitrogen and oxygen atoms in total. The van der Waals surface area contributed by atoms with Crippen molar-refractivity contribution in [2.75, 3.05) is 14.2 Å². The van der Waals surface area contributed by atoms with E-state index in [1.54, 1.807) is 13.3 Å². The van der Waals surface area contributed by atoms with Gasteiger partial charge in [-0.05, 0) is 17.7 Å². The average molecular weight is 263 g/mol. The third-order valence-electron chi connectivity index (χ3n) is 2.43. The minimum Gasteiger partial charge on any atom is -0.497 e. The molecule has 0 aliphatic rings. The third kappa shape index (κ3) is 2.87. The lowest BCUT2D eigenvalue weighted by Crippen LogP contribution is -1.96. The first kappa shape index (κ1) is 12.6. The molecule has 2 rings (SSSR count). The number of rotatable bonds is 4. The standard InChI is InChI=1S/C13H13NO3S/c1-16-10-5-3-4-9(6-10)7-12-14-8-11(18-12)13(15)17-2/h3-6,8H,7H2,1-2H3. The number of benzene rings is 1. The van der Waals surface area contributed by atoms with Gasteiger partial charge in [0.15, 0.2) is 0 Å². The molecule has 0 fully saturated rings. The maximum Gasteiger partial charge on any atom is 0.349 e. The van der Waals surface area contributed by atoms with Crippen LogP contribution in [0.3, 0.4) is 0 Å². The first-order valence-electron chi connectivity index (χ1n) is 5.39. The van der Waals surface area contributed by atoms with Gasteiger partial charge in [-0.3, -0.25) is 0 Å². The summed E-state index contributed by atoms with van der Waals surface area (Å²) in [5.41, 5.74) is 1.10. The molecule has 1 aromatic carbocycles. The molecule has 0 bridgehead atoms. The Balaban J connectivity index is 2.13. The summed E-state index contributed by atoms with van der Waals surface area (Å²) in [6.07, 6.45) is 2.23. The van der Waals surface area contributed by atoms with Crippen molar-refractivity contribution in [2.24, 2.45) is 0 Å². The van der Waals surface area contributed by atoms with Crippen molar-refractivity contribution < 1.29 is 14.3 Å². The molecule has 1 aromatic heterocycles. The lowest BCUT2D eigenvalue weighted by atomic mass is 10.1. The number of hydrogen-bond acceptors (Lipinski definition) is 5. The van der Waals surface area contributed by atoms with Gasteiger partial charge in [0.2, 0.25) is 0 Å². The second-order valence-electron chi connectivity index (χ2n) is 3.64. The van der Waals surface area contributed by atoms with E-state index in [1.807, 2.05) is 24.3 Å². The highest BCUT2D eigenvalue weighted by molar-refractivity contribution is 7.13. The van der Waals surface area contributed by atoms with Gasteiger partial charge in [-0.15, -0.1) is 11.3 Å². The Morgan fingerprint density at radius 3 is 2.94 bits per heavy atom. The number of hydrogen-bond donors (Lipinski definition) is 0. The van der Waals surface area contributed by atoms with Crippen LogP contribution in [0.4, 0.5) is 0 Å². The number of esters is 1. The van der Waals surface area contributed by atoms with Gasteiger partial charge in [0, 0.05) is 6.42 Å². The summed E-state index contributed by atoms with van der Waals surface area (Å²) in [4.78, 5) is 16.0. The molecule has 5 heteroatoms. The van der Waals surface area contributed by atoms with Gasteiger partial charge < -0.3 is 9.47 Å². The maximum atomic E-state index is 11.3. The zero-order valence-corrected chi connectivity index (χ0v) is 11.0. The zero-order chi connectivity index (χ0) is 13.0. The van der Waals surface area contributed by atoms with E-state index in [-0.39, 0.29) is 5.97 Å². The van der Waals surface area contributed by atoms with Gasteiger partial charge in [-0.2, -0.15) is 0 Å². The van der Waals surface area contributed by atoms with E-state index >= 15 is 0 Å². The molecule has 18 heavy (non-hydrogen) atoms. The number of carbonyl (C=O) groups excluding carboxylic acids is 1. The second kappa shape index (κ2) is 5.64. The highest BCUT2D eigenvalue weighted by Gasteiger charge is 2.10. The normalized spacial score (nSPS) is 10.1. The van der Waals surface area contributed by atoms with Gasteiger partial charge in [0.25, 0.3) is 0 Å². The van der Waals surface area contributed by atoms with E-state index in [0.29, 0.717) is 11.3 Å². The summed E-state index contributed by atoms with van der Waals surface area (Å²) < 4.78 is 9.81. The van der Waals surface area contributed by atoms with Crippen LogP contribution >= 0.6 is 11.3 Å². The van der Waals surface area contributed by atoms with Crippen molar-refractivity contribution >= 4 is 17.3 Å². The van der Waals surface area contributed by atoms with Crippen LogP contribution in [0, 0.1) is 0 Å². The Bertz CT molecular complexity index is 551. The van der Waals surface area contributed by atoms with E-state index in [0.717, 1.165) is 16.3 Å². The van der Waals surface area contributed by atoms with Gasteiger partial charge in [0.1, 0.15) is 10.6 Å². The Kier molecular flexibility index (Phi) is 3.94. The predicted octanol–water partition coefficient (Wildman–Crippen LogP) is 2.53. The monoisotopic (exact) mass is 263 g/mol. The van der Waals surface area contributed by atoms with E-state index in [4.69, 9.17) is 4.74 Å². The fraction of sp³-hybridized carbons (Fsp3) is 0.231. The SMILES string of the molecule is COC(=O)c1cnc(Cc2cccc(OC)c2)s1. The highest BCUT2D eigenvalue weighted by Crippen LogP contribution is 2.20. The molecular weight excluding hydrogens is 250 g/mol. The van der Waals surface area contributed by atoms with E-state index in [9.17, 15) is 4.79 Å². The molecule has 0 N–H and O–H groups in total. The van der Waals surface area contributed by atoms with Crippen LogP contribution in [0.2, 0.25) is 0 Å². The molecule has 2 aromatic rings. The molecule has 0 saturated carbocycles.